The van der Waals surface area contributed by atoms with Crippen molar-refractivity contribution in [2.24, 2.45) is 12.8 Å². The van der Waals surface area contributed by atoms with Gasteiger partial charge in [-0.3, -0.25) is 4.68 Å². The number of aromatic nitrogens is 2. The maximum Gasteiger partial charge on any atom is 0.0596 e. The van der Waals surface area contributed by atoms with E-state index in [1.807, 2.05) is 30.8 Å². The number of halogens is 1. The Labute approximate surface area is 116 Å². The van der Waals surface area contributed by atoms with E-state index in [0.717, 1.165) is 27.8 Å². The van der Waals surface area contributed by atoms with E-state index >= 15 is 0 Å². The van der Waals surface area contributed by atoms with Crippen molar-refractivity contribution in [2.75, 3.05) is 0 Å². The minimum Gasteiger partial charge on any atom is -0.321 e. The molecule has 0 bridgehead atoms. The Hall–Kier alpha value is -1.13. The van der Waals surface area contributed by atoms with E-state index in [2.05, 4.69) is 46.2 Å². The number of benzene rings is 1. The van der Waals surface area contributed by atoms with Crippen LogP contribution in [-0.4, -0.2) is 9.78 Å². The van der Waals surface area contributed by atoms with Crippen LogP contribution in [-0.2, 0) is 19.0 Å². The van der Waals surface area contributed by atoms with E-state index < -0.39 is 5.54 Å². The molecule has 0 saturated heterocycles. The summed E-state index contributed by atoms with van der Waals surface area (Å²) in [7, 11) is 1.96. The van der Waals surface area contributed by atoms with Crippen LogP contribution in [0.2, 0.25) is 0 Å². The van der Waals surface area contributed by atoms with Crippen LogP contribution in [0.4, 0.5) is 0 Å². The minimum absolute atomic E-state index is 0.399. The van der Waals surface area contributed by atoms with Gasteiger partial charge < -0.3 is 5.73 Å². The molecule has 1 unspecified atom stereocenters. The zero-order chi connectivity index (χ0) is 13.3. The van der Waals surface area contributed by atoms with Crippen molar-refractivity contribution in [3.63, 3.8) is 0 Å². The standard InChI is InChI=1S/C14H18BrN3/c1-10-7-13(18(3)17-10)9-14(2,16)11-5-4-6-12(15)8-11/h4-8H,9,16H2,1-3H3. The summed E-state index contributed by atoms with van der Waals surface area (Å²) in [6.07, 6.45) is 0.765. The third-order valence-corrected chi connectivity index (χ3v) is 3.62. The number of nitrogens with two attached hydrogens (primary N) is 1. The van der Waals surface area contributed by atoms with Crippen LogP contribution in [0.3, 0.4) is 0 Å². The fourth-order valence-electron chi connectivity index (χ4n) is 2.15. The van der Waals surface area contributed by atoms with Gasteiger partial charge in [-0.15, -0.1) is 0 Å². The first-order chi connectivity index (χ1) is 8.38. The lowest BCUT2D eigenvalue weighted by Gasteiger charge is -2.25. The molecule has 0 aliphatic carbocycles. The molecule has 1 heterocycles. The van der Waals surface area contributed by atoms with E-state index in [1.54, 1.807) is 0 Å². The molecule has 2 N–H and O–H groups in total. The van der Waals surface area contributed by atoms with Gasteiger partial charge in [0.2, 0.25) is 0 Å². The van der Waals surface area contributed by atoms with Gasteiger partial charge >= 0.3 is 0 Å². The second-order valence-electron chi connectivity index (χ2n) is 5.01. The molecule has 0 saturated carbocycles. The Morgan fingerprint density at radius 1 is 1.39 bits per heavy atom. The fourth-order valence-corrected chi connectivity index (χ4v) is 2.55. The first kappa shape index (κ1) is 13.3. The summed E-state index contributed by atoms with van der Waals surface area (Å²) in [5, 5.41) is 4.36. The van der Waals surface area contributed by atoms with Crippen LogP contribution in [0.15, 0.2) is 34.8 Å². The van der Waals surface area contributed by atoms with E-state index in [1.165, 1.54) is 0 Å². The Morgan fingerprint density at radius 3 is 2.67 bits per heavy atom. The minimum atomic E-state index is -0.399. The Balaban J connectivity index is 2.29. The smallest absolute Gasteiger partial charge is 0.0596 e. The molecule has 4 heteroatoms. The summed E-state index contributed by atoms with van der Waals surface area (Å²) in [5.74, 6) is 0. The van der Waals surface area contributed by atoms with Gasteiger partial charge in [0.1, 0.15) is 0 Å². The predicted molar refractivity (Wildman–Crippen MR) is 77.3 cm³/mol. The van der Waals surface area contributed by atoms with Gasteiger partial charge in [0.05, 0.1) is 5.69 Å². The molecule has 1 aromatic heterocycles. The second-order valence-corrected chi connectivity index (χ2v) is 5.92. The third kappa shape index (κ3) is 2.82. The normalized spacial score (nSPS) is 14.5. The van der Waals surface area contributed by atoms with E-state index in [0.29, 0.717) is 0 Å². The monoisotopic (exact) mass is 307 g/mol. The molecule has 0 aliphatic heterocycles. The topological polar surface area (TPSA) is 43.8 Å². The summed E-state index contributed by atoms with van der Waals surface area (Å²) in [5.41, 5.74) is 9.35. The number of nitrogens with zero attached hydrogens (tertiary/aromatic N) is 2. The Bertz CT molecular complexity index is 558. The molecule has 2 aromatic rings. The molecule has 3 nitrogen and oxygen atoms in total. The molecular formula is C14H18BrN3. The SMILES string of the molecule is Cc1cc(CC(C)(N)c2cccc(Br)c2)n(C)n1. The van der Waals surface area contributed by atoms with Crippen molar-refractivity contribution in [1.29, 1.82) is 0 Å². The molecule has 0 fully saturated rings. The van der Waals surface area contributed by atoms with Gasteiger partial charge in [-0.2, -0.15) is 5.10 Å². The van der Waals surface area contributed by atoms with E-state index in [9.17, 15) is 0 Å². The highest BCUT2D eigenvalue weighted by Gasteiger charge is 2.23. The summed E-state index contributed by atoms with van der Waals surface area (Å²) < 4.78 is 2.95. The van der Waals surface area contributed by atoms with E-state index in [-0.39, 0.29) is 0 Å². The van der Waals surface area contributed by atoms with Crippen molar-refractivity contribution < 1.29 is 0 Å². The molecule has 0 aliphatic rings. The van der Waals surface area contributed by atoms with Crippen molar-refractivity contribution in [3.8, 4) is 0 Å². The summed E-state index contributed by atoms with van der Waals surface area (Å²) in [6, 6.07) is 10.2. The zero-order valence-corrected chi connectivity index (χ0v) is 12.5. The van der Waals surface area contributed by atoms with E-state index in [4.69, 9.17) is 5.73 Å². The van der Waals surface area contributed by atoms with Crippen LogP contribution in [0.1, 0.15) is 23.9 Å². The lowest BCUT2D eigenvalue weighted by Crippen LogP contribution is -2.36. The molecule has 0 amide bonds. The van der Waals surface area contributed by atoms with Gasteiger partial charge in [-0.25, -0.2) is 0 Å². The van der Waals surface area contributed by atoms with Crippen LogP contribution in [0.5, 0.6) is 0 Å². The highest BCUT2D eigenvalue weighted by molar-refractivity contribution is 9.10. The van der Waals surface area contributed by atoms with Crippen LogP contribution in [0, 0.1) is 6.92 Å². The predicted octanol–water partition coefficient (Wildman–Crippen LogP) is 2.91. The lowest BCUT2D eigenvalue weighted by molar-refractivity contribution is 0.472. The highest BCUT2D eigenvalue weighted by Crippen LogP contribution is 2.25. The summed E-state index contributed by atoms with van der Waals surface area (Å²) in [6.45, 7) is 4.05. The zero-order valence-electron chi connectivity index (χ0n) is 10.9. The molecule has 96 valence electrons. The van der Waals surface area contributed by atoms with Crippen molar-refractivity contribution in [3.05, 3.63) is 51.8 Å². The molecule has 1 atom stereocenters. The maximum atomic E-state index is 6.46. The number of rotatable bonds is 3. The second kappa shape index (κ2) is 4.86. The van der Waals surface area contributed by atoms with Gasteiger partial charge in [0.15, 0.2) is 0 Å². The molecule has 0 radical (unpaired) electrons. The highest BCUT2D eigenvalue weighted by atomic mass is 79.9. The van der Waals surface area contributed by atoms with Gasteiger partial charge in [0.25, 0.3) is 0 Å². The molecule has 0 spiro atoms. The van der Waals surface area contributed by atoms with Crippen molar-refractivity contribution in [2.45, 2.75) is 25.8 Å². The Kier molecular flexibility index (Phi) is 3.59. The summed E-state index contributed by atoms with van der Waals surface area (Å²) in [4.78, 5) is 0. The Morgan fingerprint density at radius 2 is 2.11 bits per heavy atom. The molecule has 18 heavy (non-hydrogen) atoms. The lowest BCUT2D eigenvalue weighted by atomic mass is 9.88. The van der Waals surface area contributed by atoms with Crippen molar-refractivity contribution >= 4 is 15.9 Å². The van der Waals surface area contributed by atoms with Gasteiger partial charge in [-0.1, -0.05) is 28.1 Å². The van der Waals surface area contributed by atoms with Crippen LogP contribution < -0.4 is 5.73 Å². The number of aryl methyl sites for hydroxylation is 2. The molecule has 1 aromatic carbocycles. The quantitative estimate of drug-likeness (QED) is 0.947. The first-order valence-electron chi connectivity index (χ1n) is 5.93. The van der Waals surface area contributed by atoms with Crippen LogP contribution in [0.25, 0.3) is 0 Å². The molecular weight excluding hydrogens is 290 g/mol. The average Bonchev–Trinajstić information content (AvgIpc) is 2.56. The molecule has 2 rings (SSSR count). The fraction of sp³-hybridized carbons (Fsp3) is 0.357. The number of hydrogen-bond donors (Lipinski definition) is 1. The van der Waals surface area contributed by atoms with Gasteiger partial charge in [-0.05, 0) is 37.6 Å². The van der Waals surface area contributed by atoms with Gasteiger partial charge in [0, 0.05) is 29.2 Å². The van der Waals surface area contributed by atoms with Crippen molar-refractivity contribution in [1.82, 2.24) is 9.78 Å². The summed E-state index contributed by atoms with van der Waals surface area (Å²) >= 11 is 3.49. The maximum absolute atomic E-state index is 6.46. The third-order valence-electron chi connectivity index (χ3n) is 3.13. The first-order valence-corrected chi connectivity index (χ1v) is 6.72. The van der Waals surface area contributed by atoms with Crippen LogP contribution >= 0.6 is 15.9 Å². The average molecular weight is 308 g/mol. The largest absolute Gasteiger partial charge is 0.321 e. The number of hydrogen-bond acceptors (Lipinski definition) is 2.